The van der Waals surface area contributed by atoms with E-state index >= 15 is 0 Å². The van der Waals surface area contributed by atoms with Gasteiger partial charge in [0.2, 0.25) is 0 Å². The van der Waals surface area contributed by atoms with Gasteiger partial charge in [-0.25, -0.2) is 4.79 Å². The molecule has 2 rings (SSSR count). The van der Waals surface area contributed by atoms with E-state index in [1.165, 1.54) is 37.0 Å². The van der Waals surface area contributed by atoms with Crippen LogP contribution in [0.25, 0.3) is 6.08 Å². The van der Waals surface area contributed by atoms with Crippen LogP contribution in [-0.2, 0) is 4.79 Å². The molecule has 1 heterocycles. The molecule has 0 unspecified atom stereocenters. The molecule has 21 heavy (non-hydrogen) atoms. The minimum Gasteiger partial charge on any atom is -0.478 e. The molecule has 5 heteroatoms. The molecular weight excluding hydrogens is 286 g/mol. The van der Waals surface area contributed by atoms with Crippen molar-refractivity contribution >= 4 is 29.3 Å². The highest BCUT2D eigenvalue weighted by Crippen LogP contribution is 2.27. The highest BCUT2D eigenvalue weighted by molar-refractivity contribution is 7.15. The maximum Gasteiger partial charge on any atom is 0.328 e. The summed E-state index contributed by atoms with van der Waals surface area (Å²) in [5, 5.41) is 8.67. The number of carboxylic acids is 1. The number of aliphatic carboxylic acids is 1. The van der Waals surface area contributed by atoms with Gasteiger partial charge < -0.3 is 10.0 Å². The molecule has 1 N–H and O–H groups in total. The van der Waals surface area contributed by atoms with E-state index in [0.717, 1.165) is 23.1 Å². The number of carboxylic acid groups (broad SMARTS) is 1. The first-order valence-corrected chi connectivity index (χ1v) is 8.06. The van der Waals surface area contributed by atoms with Gasteiger partial charge in [-0.3, -0.25) is 4.79 Å². The normalized spacial score (nSPS) is 15.7. The molecule has 1 aromatic rings. The summed E-state index contributed by atoms with van der Waals surface area (Å²) in [5.41, 5.74) is 0.940. The lowest BCUT2D eigenvalue weighted by Crippen LogP contribution is -2.30. The summed E-state index contributed by atoms with van der Waals surface area (Å²) in [6.07, 6.45) is 7.64. The van der Waals surface area contributed by atoms with Gasteiger partial charge in [0.1, 0.15) is 0 Å². The topological polar surface area (TPSA) is 57.6 Å². The fraction of sp³-hybridized carbons (Fsp3) is 0.500. The Balaban J connectivity index is 2.04. The molecule has 1 amide bonds. The third-order valence-corrected chi connectivity index (χ3v) is 5.09. The molecule has 0 aliphatic heterocycles. The number of rotatable bonds is 5. The zero-order valence-corrected chi connectivity index (χ0v) is 13.3. The maximum absolute atomic E-state index is 12.4. The van der Waals surface area contributed by atoms with Gasteiger partial charge in [0.05, 0.1) is 4.88 Å². The average molecular weight is 307 g/mol. The predicted octanol–water partition coefficient (Wildman–Crippen LogP) is 3.42. The van der Waals surface area contributed by atoms with Crippen LogP contribution in [-0.4, -0.2) is 35.5 Å². The summed E-state index contributed by atoms with van der Waals surface area (Å²) >= 11 is 1.35. The lowest BCUT2D eigenvalue weighted by atomic mass is 10.1. The summed E-state index contributed by atoms with van der Waals surface area (Å²) in [7, 11) is 1.85. The van der Waals surface area contributed by atoms with Crippen molar-refractivity contribution in [1.29, 1.82) is 0 Å². The number of amides is 1. The van der Waals surface area contributed by atoms with Gasteiger partial charge in [-0.2, -0.15) is 0 Å². The average Bonchev–Trinajstić information content (AvgIpc) is 3.05. The zero-order chi connectivity index (χ0) is 15.4. The Morgan fingerprint density at radius 1 is 1.43 bits per heavy atom. The SMILES string of the molecule is Cc1cc(C(=O)N(C)CC2CCCC2)sc1/C=C/C(=O)O. The zero-order valence-electron chi connectivity index (χ0n) is 12.5. The smallest absolute Gasteiger partial charge is 0.328 e. The van der Waals surface area contributed by atoms with E-state index in [1.54, 1.807) is 11.0 Å². The summed E-state index contributed by atoms with van der Waals surface area (Å²) in [6, 6.07) is 1.85. The van der Waals surface area contributed by atoms with E-state index in [9.17, 15) is 9.59 Å². The first kappa shape index (κ1) is 15.8. The minimum absolute atomic E-state index is 0.0324. The van der Waals surface area contributed by atoms with Crippen LogP contribution in [0.3, 0.4) is 0 Å². The van der Waals surface area contributed by atoms with Crippen molar-refractivity contribution < 1.29 is 14.7 Å². The summed E-state index contributed by atoms with van der Waals surface area (Å²) in [6.45, 7) is 2.71. The molecule has 1 fully saturated rings. The molecule has 0 atom stereocenters. The molecule has 1 saturated carbocycles. The van der Waals surface area contributed by atoms with E-state index in [2.05, 4.69) is 0 Å². The number of hydrogen-bond donors (Lipinski definition) is 1. The first-order chi connectivity index (χ1) is 9.97. The Hall–Kier alpha value is -1.62. The quantitative estimate of drug-likeness (QED) is 0.848. The van der Waals surface area contributed by atoms with E-state index in [4.69, 9.17) is 5.11 Å². The van der Waals surface area contributed by atoms with Gasteiger partial charge >= 0.3 is 5.97 Å². The van der Waals surface area contributed by atoms with Crippen LogP contribution in [0.4, 0.5) is 0 Å². The molecule has 1 aliphatic carbocycles. The first-order valence-electron chi connectivity index (χ1n) is 7.24. The standard InChI is InChI=1S/C16H21NO3S/c1-11-9-14(21-13(11)7-8-15(18)19)16(20)17(2)10-12-5-3-4-6-12/h7-9,12H,3-6,10H2,1-2H3,(H,18,19)/b8-7+. The molecule has 0 spiro atoms. The number of hydrogen-bond acceptors (Lipinski definition) is 3. The molecule has 0 radical (unpaired) electrons. The van der Waals surface area contributed by atoms with Gasteiger partial charge in [0.25, 0.3) is 5.91 Å². The van der Waals surface area contributed by atoms with Gasteiger partial charge in [0.15, 0.2) is 0 Å². The Morgan fingerprint density at radius 2 is 2.10 bits per heavy atom. The van der Waals surface area contributed by atoms with Gasteiger partial charge in [-0.05, 0) is 43.4 Å². The van der Waals surface area contributed by atoms with E-state index in [0.29, 0.717) is 10.8 Å². The molecule has 1 aliphatic rings. The molecule has 0 bridgehead atoms. The van der Waals surface area contributed by atoms with Crippen molar-refractivity contribution in [3.8, 4) is 0 Å². The molecule has 0 aromatic carbocycles. The molecular formula is C16H21NO3S. The monoisotopic (exact) mass is 307 g/mol. The number of nitrogens with zero attached hydrogens (tertiary/aromatic N) is 1. The van der Waals surface area contributed by atoms with E-state index in [1.807, 2.05) is 20.0 Å². The highest BCUT2D eigenvalue weighted by atomic mass is 32.1. The second-order valence-corrected chi connectivity index (χ2v) is 6.75. The van der Waals surface area contributed by atoms with Crippen molar-refractivity contribution in [2.45, 2.75) is 32.6 Å². The Kier molecular flexibility index (Phi) is 5.17. The van der Waals surface area contributed by atoms with Crippen molar-refractivity contribution in [1.82, 2.24) is 4.90 Å². The van der Waals surface area contributed by atoms with Gasteiger partial charge in [-0.15, -0.1) is 11.3 Å². The Morgan fingerprint density at radius 3 is 2.71 bits per heavy atom. The van der Waals surface area contributed by atoms with Crippen molar-refractivity contribution in [2.75, 3.05) is 13.6 Å². The fourth-order valence-electron chi connectivity index (χ4n) is 2.77. The second-order valence-electron chi connectivity index (χ2n) is 5.67. The Labute approximate surface area is 129 Å². The van der Waals surface area contributed by atoms with Gasteiger partial charge in [-0.1, -0.05) is 12.8 Å². The van der Waals surface area contributed by atoms with E-state index in [-0.39, 0.29) is 5.91 Å². The van der Waals surface area contributed by atoms with Crippen molar-refractivity contribution in [3.05, 3.63) is 27.5 Å². The third kappa shape index (κ3) is 4.17. The van der Waals surface area contributed by atoms with Crippen LogP contribution in [0.2, 0.25) is 0 Å². The maximum atomic E-state index is 12.4. The summed E-state index contributed by atoms with van der Waals surface area (Å²) < 4.78 is 0. The number of carbonyl (C=O) groups is 2. The molecule has 1 aromatic heterocycles. The van der Waals surface area contributed by atoms with Crippen LogP contribution >= 0.6 is 11.3 Å². The molecule has 0 saturated heterocycles. The highest BCUT2D eigenvalue weighted by Gasteiger charge is 2.21. The van der Waals surface area contributed by atoms with Crippen LogP contribution in [0.15, 0.2) is 12.1 Å². The largest absolute Gasteiger partial charge is 0.478 e. The Bertz CT molecular complexity index is 556. The lowest BCUT2D eigenvalue weighted by molar-refractivity contribution is -0.131. The van der Waals surface area contributed by atoms with E-state index < -0.39 is 5.97 Å². The third-order valence-electron chi connectivity index (χ3n) is 3.90. The van der Waals surface area contributed by atoms with Crippen LogP contribution in [0, 0.1) is 12.8 Å². The van der Waals surface area contributed by atoms with Crippen LogP contribution in [0.1, 0.15) is 45.8 Å². The number of carbonyl (C=O) groups excluding carboxylic acids is 1. The lowest BCUT2D eigenvalue weighted by Gasteiger charge is -2.20. The minimum atomic E-state index is -0.978. The van der Waals surface area contributed by atoms with Crippen molar-refractivity contribution in [3.63, 3.8) is 0 Å². The number of aryl methyl sites for hydroxylation is 1. The predicted molar refractivity (Wildman–Crippen MR) is 84.6 cm³/mol. The summed E-state index contributed by atoms with van der Waals surface area (Å²) in [4.78, 5) is 26.3. The summed E-state index contributed by atoms with van der Waals surface area (Å²) in [5.74, 6) is -0.314. The van der Waals surface area contributed by atoms with Crippen molar-refractivity contribution in [2.24, 2.45) is 5.92 Å². The van der Waals surface area contributed by atoms with Gasteiger partial charge in [0, 0.05) is 24.5 Å². The number of thiophene rings is 1. The second kappa shape index (κ2) is 6.89. The van der Waals surface area contributed by atoms with Crippen LogP contribution < -0.4 is 0 Å². The van der Waals surface area contributed by atoms with Crippen LogP contribution in [0.5, 0.6) is 0 Å². The molecule has 114 valence electrons. The fourth-order valence-corrected chi connectivity index (χ4v) is 3.84. The molecule has 4 nitrogen and oxygen atoms in total.